The summed E-state index contributed by atoms with van der Waals surface area (Å²) < 4.78 is 5.48. The highest BCUT2D eigenvalue weighted by Crippen LogP contribution is 2.17. The summed E-state index contributed by atoms with van der Waals surface area (Å²) in [6.45, 7) is 5.62. The van der Waals surface area contributed by atoms with E-state index in [1.165, 1.54) is 6.07 Å². The second-order valence-electron chi connectivity index (χ2n) is 3.75. The molecule has 0 aliphatic rings. The van der Waals surface area contributed by atoms with Crippen molar-refractivity contribution in [2.75, 3.05) is 0 Å². The lowest BCUT2D eigenvalue weighted by Crippen LogP contribution is -2.16. The first kappa shape index (κ1) is 13.4. The molecule has 0 aliphatic heterocycles. The Kier molecular flexibility index (Phi) is 4.91. The van der Waals surface area contributed by atoms with Crippen LogP contribution in [0.15, 0.2) is 30.9 Å². The van der Waals surface area contributed by atoms with Gasteiger partial charge in [-0.25, -0.2) is 0 Å². The summed E-state index contributed by atoms with van der Waals surface area (Å²) in [4.78, 5) is 10.4. The third kappa shape index (κ3) is 3.71. The molecular formula is C12H14BNO3. The smallest absolute Gasteiger partial charge is 0.274 e. The fourth-order valence-electron chi connectivity index (χ4n) is 1.45. The Morgan fingerprint density at radius 2 is 2.35 bits per heavy atom. The van der Waals surface area contributed by atoms with Gasteiger partial charge in [-0.1, -0.05) is 23.7 Å². The molecule has 1 aromatic carbocycles. The van der Waals surface area contributed by atoms with Crippen molar-refractivity contribution in [3.63, 3.8) is 0 Å². The number of hydrogen-bond donors (Lipinski definition) is 0. The number of nitro benzene ring substituents is 1. The maximum atomic E-state index is 10.8. The molecule has 0 aromatic heterocycles. The average molecular weight is 231 g/mol. The molecule has 2 radical (unpaired) electrons. The third-order valence-electron chi connectivity index (χ3n) is 2.40. The van der Waals surface area contributed by atoms with Gasteiger partial charge in [-0.05, 0) is 13.3 Å². The Bertz CT molecular complexity index is 420. The van der Waals surface area contributed by atoms with Gasteiger partial charge in [-0.15, -0.1) is 6.58 Å². The Labute approximate surface area is 102 Å². The number of nitro groups is 1. The van der Waals surface area contributed by atoms with Crippen LogP contribution >= 0.6 is 0 Å². The van der Waals surface area contributed by atoms with Crippen LogP contribution in [0.1, 0.15) is 18.9 Å². The highest BCUT2D eigenvalue weighted by molar-refractivity contribution is 6.33. The van der Waals surface area contributed by atoms with E-state index < -0.39 is 4.92 Å². The van der Waals surface area contributed by atoms with Crippen LogP contribution in [0, 0.1) is 10.1 Å². The summed E-state index contributed by atoms with van der Waals surface area (Å²) >= 11 is 0. The average Bonchev–Trinajstić information content (AvgIpc) is 2.27. The molecule has 5 heteroatoms. The summed E-state index contributed by atoms with van der Waals surface area (Å²) in [5.74, 6) is 0. The van der Waals surface area contributed by atoms with E-state index in [9.17, 15) is 10.1 Å². The van der Waals surface area contributed by atoms with Gasteiger partial charge in [-0.2, -0.15) is 0 Å². The van der Waals surface area contributed by atoms with Gasteiger partial charge in [-0.3, -0.25) is 10.1 Å². The summed E-state index contributed by atoms with van der Waals surface area (Å²) in [6.07, 6.45) is 2.40. The summed E-state index contributed by atoms with van der Waals surface area (Å²) in [5.41, 5.74) is 0.800. The van der Waals surface area contributed by atoms with Crippen LogP contribution < -0.4 is 5.46 Å². The van der Waals surface area contributed by atoms with Gasteiger partial charge in [0.2, 0.25) is 0 Å². The van der Waals surface area contributed by atoms with Gasteiger partial charge in [0.1, 0.15) is 7.85 Å². The zero-order valence-electron chi connectivity index (χ0n) is 9.76. The second kappa shape index (κ2) is 6.20. The number of rotatable bonds is 6. The molecule has 0 aliphatic carbocycles. The number of hydrogen-bond acceptors (Lipinski definition) is 3. The maximum Gasteiger partial charge on any atom is 0.274 e. The van der Waals surface area contributed by atoms with Crippen LogP contribution in [0.3, 0.4) is 0 Å². The molecule has 0 spiro atoms. The molecule has 0 amide bonds. The fourth-order valence-corrected chi connectivity index (χ4v) is 1.45. The number of nitrogens with zero attached hydrogens (tertiary/aromatic N) is 1. The minimum atomic E-state index is -0.451. The molecule has 1 aromatic rings. The first-order valence-electron chi connectivity index (χ1n) is 5.30. The minimum absolute atomic E-state index is 0.00389. The van der Waals surface area contributed by atoms with Crippen LogP contribution in [0.25, 0.3) is 0 Å². The normalized spacial score (nSPS) is 12.1. The Balaban J connectivity index is 2.82. The molecule has 0 saturated heterocycles. The predicted octanol–water partition coefficient (Wildman–Crippen LogP) is 1.87. The molecule has 0 bridgehead atoms. The van der Waals surface area contributed by atoms with E-state index >= 15 is 0 Å². The molecule has 1 rings (SSSR count). The van der Waals surface area contributed by atoms with E-state index in [1.807, 2.05) is 6.92 Å². The maximum absolute atomic E-state index is 10.8. The van der Waals surface area contributed by atoms with Crippen molar-refractivity contribution in [2.45, 2.75) is 26.1 Å². The highest BCUT2D eigenvalue weighted by Gasteiger charge is 2.15. The lowest BCUT2D eigenvalue weighted by Gasteiger charge is -2.12. The topological polar surface area (TPSA) is 52.4 Å². The van der Waals surface area contributed by atoms with Crippen molar-refractivity contribution in [3.05, 3.63) is 46.5 Å². The van der Waals surface area contributed by atoms with Gasteiger partial charge < -0.3 is 4.74 Å². The van der Waals surface area contributed by atoms with Crippen LogP contribution in [0.2, 0.25) is 0 Å². The van der Waals surface area contributed by atoms with Gasteiger partial charge >= 0.3 is 0 Å². The monoisotopic (exact) mass is 231 g/mol. The highest BCUT2D eigenvalue weighted by atomic mass is 16.6. The van der Waals surface area contributed by atoms with E-state index in [0.717, 1.165) is 0 Å². The summed E-state index contributed by atoms with van der Waals surface area (Å²) in [7, 11) is 5.71. The molecule has 4 nitrogen and oxygen atoms in total. The lowest BCUT2D eigenvalue weighted by molar-refractivity contribution is -0.385. The van der Waals surface area contributed by atoms with Gasteiger partial charge in [0.15, 0.2) is 0 Å². The zero-order valence-corrected chi connectivity index (χ0v) is 9.76. The molecule has 88 valence electrons. The second-order valence-corrected chi connectivity index (χ2v) is 3.75. The van der Waals surface area contributed by atoms with Gasteiger partial charge in [0.25, 0.3) is 5.69 Å². The molecule has 17 heavy (non-hydrogen) atoms. The largest absolute Gasteiger partial charge is 0.373 e. The molecule has 0 fully saturated rings. The van der Waals surface area contributed by atoms with Crippen LogP contribution in [-0.2, 0) is 11.3 Å². The number of benzene rings is 1. The molecular weight excluding hydrogens is 217 g/mol. The van der Waals surface area contributed by atoms with Gasteiger partial charge in [0.05, 0.1) is 17.6 Å². The Morgan fingerprint density at radius 3 is 2.94 bits per heavy atom. The molecule has 1 atom stereocenters. The van der Waals surface area contributed by atoms with Crippen molar-refractivity contribution in [3.8, 4) is 0 Å². The SMILES string of the molecule is [B]c1cccc([N+](=O)[O-])c1CO[C@H](C)CC=C. The van der Waals surface area contributed by atoms with Gasteiger partial charge in [0, 0.05) is 11.6 Å². The fraction of sp³-hybridized carbons (Fsp3) is 0.333. The van der Waals surface area contributed by atoms with E-state index in [-0.39, 0.29) is 18.4 Å². The molecule has 0 N–H and O–H groups in total. The van der Waals surface area contributed by atoms with Crippen molar-refractivity contribution in [1.29, 1.82) is 0 Å². The van der Waals surface area contributed by atoms with E-state index in [2.05, 4.69) is 6.58 Å². The van der Waals surface area contributed by atoms with E-state index in [1.54, 1.807) is 18.2 Å². The van der Waals surface area contributed by atoms with Crippen molar-refractivity contribution in [2.24, 2.45) is 0 Å². The van der Waals surface area contributed by atoms with E-state index in [4.69, 9.17) is 12.6 Å². The molecule has 0 unspecified atom stereocenters. The van der Waals surface area contributed by atoms with Crippen molar-refractivity contribution in [1.82, 2.24) is 0 Å². The summed E-state index contributed by atoms with van der Waals surface area (Å²) in [6, 6.07) is 4.61. The standard InChI is InChI=1S/C12H14BNO3/c1-3-5-9(2)17-8-10-11(13)6-4-7-12(10)14(15)16/h3-4,6-7,9H,1,5,8H2,2H3/t9-/m1/s1. The Hall–Kier alpha value is -1.62. The third-order valence-corrected chi connectivity index (χ3v) is 2.40. The van der Waals surface area contributed by atoms with Crippen LogP contribution in [-0.4, -0.2) is 18.9 Å². The first-order chi connectivity index (χ1) is 8.06. The van der Waals surface area contributed by atoms with Crippen LogP contribution in [0.4, 0.5) is 5.69 Å². The first-order valence-corrected chi connectivity index (χ1v) is 5.30. The molecule has 0 heterocycles. The lowest BCUT2D eigenvalue weighted by atomic mass is 9.90. The quantitative estimate of drug-likeness (QED) is 0.325. The van der Waals surface area contributed by atoms with Crippen LogP contribution in [0.5, 0.6) is 0 Å². The van der Waals surface area contributed by atoms with Crippen molar-refractivity contribution < 1.29 is 9.66 Å². The predicted molar refractivity (Wildman–Crippen MR) is 67.5 cm³/mol. The number of ether oxygens (including phenoxy) is 1. The minimum Gasteiger partial charge on any atom is -0.373 e. The molecule has 0 saturated carbocycles. The van der Waals surface area contributed by atoms with Crippen molar-refractivity contribution >= 4 is 19.0 Å². The zero-order chi connectivity index (χ0) is 12.8. The van der Waals surface area contributed by atoms with E-state index in [0.29, 0.717) is 17.4 Å². The Morgan fingerprint density at radius 1 is 1.65 bits per heavy atom. The summed E-state index contributed by atoms with van der Waals surface area (Å²) in [5, 5.41) is 10.8.